The molecular weight excluding hydrogens is 302 g/mol. The number of fused-ring (bicyclic) bond motifs is 1. The van der Waals surface area contributed by atoms with Gasteiger partial charge in [-0.25, -0.2) is 0 Å². The van der Waals surface area contributed by atoms with Gasteiger partial charge in [-0.2, -0.15) is 0 Å². The molecule has 0 spiro atoms. The molecule has 0 aliphatic carbocycles. The van der Waals surface area contributed by atoms with Gasteiger partial charge in [-0.05, 0) is 41.8 Å². The Morgan fingerprint density at radius 2 is 1.68 bits per heavy atom. The van der Waals surface area contributed by atoms with Crippen LogP contribution in [0.3, 0.4) is 0 Å². The molecule has 1 amide bonds. The zero-order chi connectivity index (χ0) is 13.2. The molecule has 0 radical (unpaired) electrons. The zero-order valence-corrected chi connectivity index (χ0v) is 12.1. The summed E-state index contributed by atoms with van der Waals surface area (Å²) in [5.74, 6) is 0.113. The molecule has 1 aliphatic rings. The molecule has 0 atom stereocenters. The van der Waals surface area contributed by atoms with Crippen LogP contribution in [0.5, 0.6) is 0 Å². The topological polar surface area (TPSA) is 20.3 Å². The highest BCUT2D eigenvalue weighted by Crippen LogP contribution is 2.20. The fourth-order valence-electron chi connectivity index (χ4n) is 2.44. The summed E-state index contributed by atoms with van der Waals surface area (Å²) in [6.45, 7) is 1.51. The first-order valence-electron chi connectivity index (χ1n) is 6.35. The number of carbonyl (C=O) groups is 1. The van der Waals surface area contributed by atoms with Crippen LogP contribution >= 0.6 is 15.9 Å². The van der Waals surface area contributed by atoms with E-state index in [9.17, 15) is 4.79 Å². The van der Waals surface area contributed by atoms with E-state index < -0.39 is 0 Å². The van der Waals surface area contributed by atoms with Crippen molar-refractivity contribution in [2.45, 2.75) is 13.0 Å². The summed E-state index contributed by atoms with van der Waals surface area (Å²) < 4.78 is 0.994. The Labute approximate surface area is 121 Å². The number of hydrogen-bond donors (Lipinski definition) is 0. The third kappa shape index (κ3) is 2.56. The predicted octanol–water partition coefficient (Wildman–Crippen LogP) is 3.65. The molecule has 96 valence electrons. The molecule has 0 bridgehead atoms. The molecule has 1 heterocycles. The lowest BCUT2D eigenvalue weighted by Crippen LogP contribution is -2.35. The Kier molecular flexibility index (Phi) is 3.38. The Bertz CT molecular complexity index is 606. The Hall–Kier alpha value is -1.61. The number of amides is 1. The van der Waals surface area contributed by atoms with Crippen LogP contribution < -0.4 is 0 Å². The molecule has 2 aromatic rings. The van der Waals surface area contributed by atoms with Gasteiger partial charge in [0.05, 0.1) is 0 Å². The summed E-state index contributed by atoms with van der Waals surface area (Å²) >= 11 is 3.39. The van der Waals surface area contributed by atoms with Gasteiger partial charge in [0.25, 0.3) is 5.91 Å². The van der Waals surface area contributed by atoms with Gasteiger partial charge in [-0.1, -0.05) is 40.2 Å². The van der Waals surface area contributed by atoms with Crippen LogP contribution in [0.25, 0.3) is 0 Å². The van der Waals surface area contributed by atoms with Gasteiger partial charge >= 0.3 is 0 Å². The van der Waals surface area contributed by atoms with Crippen molar-refractivity contribution in [3.8, 4) is 0 Å². The minimum absolute atomic E-state index is 0.113. The second-order valence-corrected chi connectivity index (χ2v) is 5.67. The maximum Gasteiger partial charge on any atom is 0.254 e. The molecule has 0 N–H and O–H groups in total. The van der Waals surface area contributed by atoms with Crippen molar-refractivity contribution in [2.24, 2.45) is 0 Å². The molecule has 0 unspecified atom stereocenters. The first kappa shape index (κ1) is 12.4. The number of nitrogens with zero attached hydrogens (tertiary/aromatic N) is 1. The fourth-order valence-corrected chi connectivity index (χ4v) is 2.71. The molecular formula is C16H14BrNO. The SMILES string of the molecule is O=C(c1ccc(Br)cc1)N1CCc2ccccc2C1. The van der Waals surface area contributed by atoms with Gasteiger partial charge in [-0.3, -0.25) is 4.79 Å². The van der Waals surface area contributed by atoms with Crippen LogP contribution in [0.4, 0.5) is 0 Å². The second-order valence-electron chi connectivity index (χ2n) is 4.75. The van der Waals surface area contributed by atoms with Crippen LogP contribution in [0.2, 0.25) is 0 Å². The van der Waals surface area contributed by atoms with Crippen molar-refractivity contribution in [2.75, 3.05) is 6.54 Å². The summed E-state index contributed by atoms with van der Waals surface area (Å²) in [5.41, 5.74) is 3.38. The second kappa shape index (κ2) is 5.17. The summed E-state index contributed by atoms with van der Waals surface area (Å²) in [5, 5.41) is 0. The van der Waals surface area contributed by atoms with Gasteiger partial charge in [0.2, 0.25) is 0 Å². The summed E-state index contributed by atoms with van der Waals surface area (Å²) in [6.07, 6.45) is 0.943. The lowest BCUT2D eigenvalue weighted by atomic mass is 9.99. The Morgan fingerprint density at radius 1 is 1.00 bits per heavy atom. The van der Waals surface area contributed by atoms with E-state index in [-0.39, 0.29) is 5.91 Å². The van der Waals surface area contributed by atoms with E-state index in [0.29, 0.717) is 6.54 Å². The van der Waals surface area contributed by atoms with Gasteiger partial charge < -0.3 is 4.90 Å². The molecule has 0 fully saturated rings. The van der Waals surface area contributed by atoms with Crippen molar-refractivity contribution in [1.29, 1.82) is 0 Å². The van der Waals surface area contributed by atoms with Crippen molar-refractivity contribution in [3.05, 3.63) is 69.7 Å². The maximum absolute atomic E-state index is 12.4. The number of carbonyl (C=O) groups excluding carboxylic acids is 1. The molecule has 3 heteroatoms. The number of hydrogen-bond acceptors (Lipinski definition) is 1. The molecule has 19 heavy (non-hydrogen) atoms. The molecule has 0 saturated heterocycles. The van der Waals surface area contributed by atoms with Crippen molar-refractivity contribution in [1.82, 2.24) is 4.90 Å². The summed E-state index contributed by atoms with van der Waals surface area (Å²) in [6, 6.07) is 15.9. The van der Waals surface area contributed by atoms with Crippen LogP contribution in [-0.2, 0) is 13.0 Å². The predicted molar refractivity (Wildman–Crippen MR) is 79.0 cm³/mol. The van der Waals surface area contributed by atoms with Crippen LogP contribution in [0, 0.1) is 0 Å². The Balaban J connectivity index is 1.81. The first-order chi connectivity index (χ1) is 9.24. The van der Waals surface area contributed by atoms with Crippen molar-refractivity contribution < 1.29 is 4.79 Å². The number of halogens is 1. The molecule has 0 aromatic heterocycles. The van der Waals surface area contributed by atoms with Crippen molar-refractivity contribution >= 4 is 21.8 Å². The van der Waals surface area contributed by atoms with E-state index in [1.165, 1.54) is 11.1 Å². The first-order valence-corrected chi connectivity index (χ1v) is 7.15. The highest BCUT2D eigenvalue weighted by molar-refractivity contribution is 9.10. The van der Waals surface area contributed by atoms with E-state index in [1.54, 1.807) is 0 Å². The van der Waals surface area contributed by atoms with Gasteiger partial charge in [0, 0.05) is 23.1 Å². The molecule has 2 aromatic carbocycles. The third-order valence-corrected chi connectivity index (χ3v) is 4.04. The summed E-state index contributed by atoms with van der Waals surface area (Å²) in [4.78, 5) is 14.4. The highest BCUT2D eigenvalue weighted by atomic mass is 79.9. The summed E-state index contributed by atoms with van der Waals surface area (Å²) in [7, 11) is 0. The molecule has 3 rings (SSSR count). The van der Waals surface area contributed by atoms with E-state index in [0.717, 1.165) is 23.0 Å². The zero-order valence-electron chi connectivity index (χ0n) is 10.5. The standard InChI is InChI=1S/C16H14BrNO/c17-15-7-5-13(6-8-15)16(19)18-10-9-12-3-1-2-4-14(12)11-18/h1-8H,9-11H2. The van der Waals surface area contributed by atoms with E-state index in [2.05, 4.69) is 34.1 Å². The minimum Gasteiger partial charge on any atom is -0.334 e. The average molecular weight is 316 g/mol. The van der Waals surface area contributed by atoms with Gasteiger partial charge in [0.1, 0.15) is 0 Å². The maximum atomic E-state index is 12.4. The fraction of sp³-hybridized carbons (Fsp3) is 0.188. The average Bonchev–Trinajstić information content (AvgIpc) is 2.47. The minimum atomic E-state index is 0.113. The lowest BCUT2D eigenvalue weighted by molar-refractivity contribution is 0.0734. The van der Waals surface area contributed by atoms with E-state index in [4.69, 9.17) is 0 Å². The monoisotopic (exact) mass is 315 g/mol. The van der Waals surface area contributed by atoms with E-state index in [1.807, 2.05) is 35.2 Å². The normalized spacial score (nSPS) is 14.1. The van der Waals surface area contributed by atoms with Crippen LogP contribution in [-0.4, -0.2) is 17.4 Å². The van der Waals surface area contributed by atoms with Crippen molar-refractivity contribution in [3.63, 3.8) is 0 Å². The van der Waals surface area contributed by atoms with Gasteiger partial charge in [0.15, 0.2) is 0 Å². The number of benzene rings is 2. The highest BCUT2D eigenvalue weighted by Gasteiger charge is 2.21. The third-order valence-electron chi connectivity index (χ3n) is 3.51. The van der Waals surface area contributed by atoms with Gasteiger partial charge in [-0.15, -0.1) is 0 Å². The molecule has 0 saturated carbocycles. The Morgan fingerprint density at radius 3 is 2.42 bits per heavy atom. The lowest BCUT2D eigenvalue weighted by Gasteiger charge is -2.29. The smallest absolute Gasteiger partial charge is 0.254 e. The van der Waals surface area contributed by atoms with Crippen LogP contribution in [0.1, 0.15) is 21.5 Å². The molecule has 2 nitrogen and oxygen atoms in total. The quantitative estimate of drug-likeness (QED) is 0.786. The van der Waals surface area contributed by atoms with Crippen LogP contribution in [0.15, 0.2) is 53.0 Å². The largest absolute Gasteiger partial charge is 0.334 e. The number of rotatable bonds is 1. The molecule has 1 aliphatic heterocycles. The van der Waals surface area contributed by atoms with E-state index >= 15 is 0 Å².